The molecule has 0 saturated carbocycles. The van der Waals surface area contributed by atoms with E-state index >= 15 is 0 Å². The molecular formula is C10H6F3NO4S. The Kier molecular flexibility index (Phi) is 6.53. The SMILES string of the molecule is C=CSc1ccc(C(F)(F)F)cc1[N+](=O)[O-].O=C=O. The highest BCUT2D eigenvalue weighted by Crippen LogP contribution is 2.36. The third-order valence-electron chi connectivity index (χ3n) is 1.69. The second kappa shape index (κ2) is 7.34. The van der Waals surface area contributed by atoms with Crippen molar-refractivity contribution in [1.82, 2.24) is 0 Å². The number of carbonyl (C=O) groups excluding carboxylic acids is 2. The van der Waals surface area contributed by atoms with E-state index in [4.69, 9.17) is 9.59 Å². The van der Waals surface area contributed by atoms with Crippen molar-refractivity contribution in [2.75, 3.05) is 0 Å². The molecule has 1 aromatic rings. The minimum Gasteiger partial charge on any atom is -0.258 e. The van der Waals surface area contributed by atoms with Crippen LogP contribution in [0.1, 0.15) is 5.56 Å². The van der Waals surface area contributed by atoms with Gasteiger partial charge >= 0.3 is 12.3 Å². The number of hydrogen-bond donors (Lipinski definition) is 0. The van der Waals surface area contributed by atoms with Gasteiger partial charge in [0.2, 0.25) is 0 Å². The van der Waals surface area contributed by atoms with Crippen LogP contribution in [0.2, 0.25) is 0 Å². The Morgan fingerprint density at radius 1 is 1.37 bits per heavy atom. The van der Waals surface area contributed by atoms with Crippen LogP contribution in [0.4, 0.5) is 18.9 Å². The molecule has 0 spiro atoms. The molecule has 0 N–H and O–H groups in total. The predicted molar refractivity (Wildman–Crippen MR) is 59.2 cm³/mol. The van der Waals surface area contributed by atoms with E-state index in [9.17, 15) is 23.3 Å². The number of alkyl halides is 3. The van der Waals surface area contributed by atoms with E-state index < -0.39 is 22.4 Å². The molecule has 0 aliphatic rings. The summed E-state index contributed by atoms with van der Waals surface area (Å²) in [5.41, 5.74) is -1.60. The molecule has 1 aromatic carbocycles. The van der Waals surface area contributed by atoms with Gasteiger partial charge in [0.05, 0.1) is 15.4 Å². The van der Waals surface area contributed by atoms with E-state index in [2.05, 4.69) is 6.58 Å². The number of nitro groups is 1. The van der Waals surface area contributed by atoms with Crippen LogP contribution in [0, 0.1) is 10.1 Å². The summed E-state index contributed by atoms with van der Waals surface area (Å²) in [5, 5.41) is 11.9. The fourth-order valence-corrected chi connectivity index (χ4v) is 1.61. The molecule has 0 radical (unpaired) electrons. The van der Waals surface area contributed by atoms with Crippen LogP contribution in [-0.2, 0) is 15.8 Å². The highest BCUT2D eigenvalue weighted by atomic mass is 32.2. The van der Waals surface area contributed by atoms with Gasteiger partial charge in [0, 0.05) is 6.07 Å². The Balaban J connectivity index is 0.000000982. The number of thioether (sulfide) groups is 1. The van der Waals surface area contributed by atoms with E-state index in [-0.39, 0.29) is 11.0 Å². The topological polar surface area (TPSA) is 77.3 Å². The third-order valence-corrected chi connectivity index (χ3v) is 2.46. The monoisotopic (exact) mass is 293 g/mol. The summed E-state index contributed by atoms with van der Waals surface area (Å²) in [6, 6.07) is 2.39. The first kappa shape index (κ1) is 16.9. The van der Waals surface area contributed by atoms with E-state index in [1.54, 1.807) is 0 Å². The van der Waals surface area contributed by atoms with E-state index in [1.807, 2.05) is 0 Å². The van der Waals surface area contributed by atoms with Crippen LogP contribution >= 0.6 is 11.8 Å². The van der Waals surface area contributed by atoms with Gasteiger partial charge in [0.15, 0.2) is 0 Å². The maximum Gasteiger partial charge on any atom is 0.416 e. The Morgan fingerprint density at radius 3 is 2.26 bits per heavy atom. The standard InChI is InChI=1S/C9H6F3NO2S.CO2/c1-2-16-8-4-3-6(9(10,11)12)5-7(8)13(14)15;2-1-3/h2-5H,1H2;. The molecule has 0 amide bonds. The third kappa shape index (κ3) is 5.36. The molecule has 0 aromatic heterocycles. The van der Waals surface area contributed by atoms with Crippen molar-refractivity contribution in [2.45, 2.75) is 11.1 Å². The molecule has 0 aliphatic carbocycles. The van der Waals surface area contributed by atoms with Crippen LogP contribution in [0.3, 0.4) is 0 Å². The van der Waals surface area contributed by atoms with Gasteiger partial charge in [0.1, 0.15) is 0 Å². The minimum atomic E-state index is -4.58. The van der Waals surface area contributed by atoms with Gasteiger partial charge in [-0.05, 0) is 17.5 Å². The van der Waals surface area contributed by atoms with Gasteiger partial charge in [-0.15, -0.1) is 0 Å². The lowest BCUT2D eigenvalue weighted by molar-refractivity contribution is -0.388. The first-order valence-electron chi connectivity index (χ1n) is 4.40. The van der Waals surface area contributed by atoms with Crippen molar-refractivity contribution in [3.05, 3.63) is 45.9 Å². The molecule has 9 heteroatoms. The van der Waals surface area contributed by atoms with Gasteiger partial charge < -0.3 is 0 Å². The van der Waals surface area contributed by atoms with Crippen molar-refractivity contribution in [3.8, 4) is 0 Å². The van der Waals surface area contributed by atoms with E-state index in [0.717, 1.165) is 23.9 Å². The number of hydrogen-bond acceptors (Lipinski definition) is 5. The average Bonchev–Trinajstić information content (AvgIpc) is 2.29. The Labute approximate surface area is 109 Å². The van der Waals surface area contributed by atoms with Gasteiger partial charge in [0.25, 0.3) is 5.69 Å². The quantitative estimate of drug-likeness (QED) is 0.485. The molecule has 5 nitrogen and oxygen atoms in total. The molecule has 0 heterocycles. The van der Waals surface area contributed by atoms with Gasteiger partial charge in [-0.2, -0.15) is 22.8 Å². The molecule has 102 valence electrons. The lowest BCUT2D eigenvalue weighted by atomic mass is 10.2. The van der Waals surface area contributed by atoms with Crippen LogP contribution in [0.25, 0.3) is 0 Å². The van der Waals surface area contributed by atoms with Crippen molar-refractivity contribution in [1.29, 1.82) is 0 Å². The zero-order valence-corrected chi connectivity index (χ0v) is 9.96. The van der Waals surface area contributed by atoms with Crippen molar-refractivity contribution in [2.24, 2.45) is 0 Å². The number of nitro benzene ring substituents is 1. The second-order valence-electron chi connectivity index (χ2n) is 2.81. The zero-order valence-electron chi connectivity index (χ0n) is 9.14. The Morgan fingerprint density at radius 2 is 1.89 bits per heavy atom. The summed E-state index contributed by atoms with van der Waals surface area (Å²) in [7, 11) is 0. The van der Waals surface area contributed by atoms with Gasteiger partial charge in [-0.1, -0.05) is 18.3 Å². The predicted octanol–water partition coefficient (Wildman–Crippen LogP) is 3.27. The summed E-state index contributed by atoms with van der Waals surface area (Å²) < 4.78 is 36.9. The lowest BCUT2D eigenvalue weighted by Gasteiger charge is -2.07. The Bertz CT molecular complexity index is 510. The summed E-state index contributed by atoms with van der Waals surface area (Å²) in [6.07, 6.45) is -4.33. The molecule has 0 bridgehead atoms. The molecule has 0 fully saturated rings. The molecule has 0 unspecified atom stereocenters. The first-order chi connectivity index (χ1) is 8.77. The first-order valence-corrected chi connectivity index (χ1v) is 5.28. The minimum absolute atomic E-state index is 0.132. The number of benzene rings is 1. The summed E-state index contributed by atoms with van der Waals surface area (Å²) in [4.78, 5) is 26.1. The number of nitrogens with zero attached hydrogens (tertiary/aromatic N) is 1. The van der Waals surface area contributed by atoms with Crippen molar-refractivity contribution >= 4 is 23.6 Å². The maximum absolute atomic E-state index is 12.3. The number of rotatable bonds is 3. The van der Waals surface area contributed by atoms with Crippen LogP contribution < -0.4 is 0 Å². The van der Waals surface area contributed by atoms with Crippen molar-refractivity contribution < 1.29 is 27.7 Å². The van der Waals surface area contributed by atoms with Gasteiger partial charge in [-0.25, -0.2) is 0 Å². The summed E-state index contributed by atoms with van der Waals surface area (Å²) in [6.45, 7) is 3.35. The molecular weight excluding hydrogens is 287 g/mol. The summed E-state index contributed by atoms with van der Waals surface area (Å²) >= 11 is 0.904. The molecule has 0 atom stereocenters. The highest BCUT2D eigenvalue weighted by Gasteiger charge is 2.32. The average molecular weight is 293 g/mol. The van der Waals surface area contributed by atoms with E-state index in [1.165, 1.54) is 5.41 Å². The molecule has 0 aliphatic heterocycles. The van der Waals surface area contributed by atoms with Crippen molar-refractivity contribution in [3.63, 3.8) is 0 Å². The van der Waals surface area contributed by atoms with Crippen LogP contribution in [-0.4, -0.2) is 11.1 Å². The zero-order chi connectivity index (χ0) is 15.1. The number of halogens is 3. The molecule has 19 heavy (non-hydrogen) atoms. The van der Waals surface area contributed by atoms with E-state index in [0.29, 0.717) is 6.07 Å². The normalized spacial score (nSPS) is 9.84. The fraction of sp³-hybridized carbons (Fsp3) is 0.100. The largest absolute Gasteiger partial charge is 0.416 e. The smallest absolute Gasteiger partial charge is 0.258 e. The Hall–Kier alpha value is -2.12. The second-order valence-corrected chi connectivity index (χ2v) is 3.81. The highest BCUT2D eigenvalue weighted by molar-refractivity contribution is 8.02. The fourth-order valence-electron chi connectivity index (χ4n) is 1.03. The van der Waals surface area contributed by atoms with Crippen LogP contribution in [0.15, 0.2) is 35.1 Å². The molecule has 0 saturated heterocycles. The molecule has 1 rings (SSSR count). The lowest BCUT2D eigenvalue weighted by Crippen LogP contribution is -2.05. The van der Waals surface area contributed by atoms with Gasteiger partial charge in [-0.3, -0.25) is 10.1 Å². The summed E-state index contributed by atoms with van der Waals surface area (Å²) in [5.74, 6) is 0. The van der Waals surface area contributed by atoms with Crippen LogP contribution in [0.5, 0.6) is 0 Å². The maximum atomic E-state index is 12.3.